The van der Waals surface area contributed by atoms with Crippen molar-refractivity contribution in [2.45, 2.75) is 44.8 Å². The molecule has 12 nitrogen and oxygen atoms in total. The highest BCUT2D eigenvalue weighted by molar-refractivity contribution is 5.87. The Hall–Kier alpha value is -4.99. The molecule has 55 heavy (non-hydrogen) atoms. The smallest absolute Gasteiger partial charge is 0.153 e. The molecule has 6 heterocycles. The Bertz CT molecular complexity index is 2210. The van der Waals surface area contributed by atoms with E-state index in [9.17, 15) is 8.78 Å². The number of halogens is 3. The number of nitrogens with zero attached hydrogens (tertiary/aromatic N) is 8. The number of likely N-dealkylation sites (tertiary alicyclic amines) is 2. The summed E-state index contributed by atoms with van der Waals surface area (Å²) in [4.78, 5) is 30.1. The number of rotatable bonds is 10. The van der Waals surface area contributed by atoms with Crippen LogP contribution in [0.5, 0.6) is 0 Å². The summed E-state index contributed by atoms with van der Waals surface area (Å²) in [7, 11) is 2.14. The predicted molar refractivity (Wildman–Crippen MR) is 216 cm³/mol. The molecule has 2 fully saturated rings. The molecule has 2 saturated heterocycles. The summed E-state index contributed by atoms with van der Waals surface area (Å²) in [6.07, 6.45) is 7.64. The maximum atomic E-state index is 14.2. The second-order valence-electron chi connectivity index (χ2n) is 14.0. The molecule has 2 aromatic carbocycles. The summed E-state index contributed by atoms with van der Waals surface area (Å²) in [6.45, 7) is 7.75. The Balaban J connectivity index is 0.000000184. The summed E-state index contributed by atoms with van der Waals surface area (Å²) in [5.41, 5.74) is 18.8. The van der Waals surface area contributed by atoms with E-state index < -0.39 is 0 Å². The van der Waals surface area contributed by atoms with Crippen molar-refractivity contribution in [2.75, 3.05) is 57.8 Å². The quantitative estimate of drug-likeness (QED) is 0.128. The predicted octanol–water partition coefficient (Wildman–Crippen LogP) is 5.62. The normalized spacial score (nSPS) is 15.2. The van der Waals surface area contributed by atoms with Gasteiger partial charge < -0.3 is 31.9 Å². The van der Waals surface area contributed by atoms with Crippen LogP contribution in [0.15, 0.2) is 73.3 Å². The Morgan fingerprint density at radius 3 is 1.76 bits per heavy atom. The fraction of sp³-hybridized carbons (Fsp3) is 0.350. The summed E-state index contributed by atoms with van der Waals surface area (Å²) >= 11 is 0. The van der Waals surface area contributed by atoms with E-state index >= 15 is 0 Å². The lowest BCUT2D eigenvalue weighted by Crippen LogP contribution is -2.40. The molecule has 0 spiro atoms. The number of aromatic nitrogens is 6. The van der Waals surface area contributed by atoms with Crippen molar-refractivity contribution in [2.24, 2.45) is 0 Å². The number of nitrogens with two attached hydrogens (primary N) is 2. The SMILES string of the molecule is CN1CCC(NCc2cc(F)cc(-c3ccc4ncnc(N)c4n3)c2)CC1.Cl.Nc1ncnc2ccc(-c3cc(F)cc(CNCCN4CCCC4)c3)nc12. The van der Waals surface area contributed by atoms with Crippen molar-refractivity contribution in [3.63, 3.8) is 0 Å². The summed E-state index contributed by atoms with van der Waals surface area (Å²) in [6, 6.07) is 17.8. The van der Waals surface area contributed by atoms with Crippen LogP contribution < -0.4 is 22.1 Å². The lowest BCUT2D eigenvalue weighted by molar-refractivity contribution is 0.234. The lowest BCUT2D eigenvalue weighted by Gasteiger charge is -2.29. The second-order valence-corrected chi connectivity index (χ2v) is 14.0. The minimum Gasteiger partial charge on any atom is -0.382 e. The van der Waals surface area contributed by atoms with Crippen molar-refractivity contribution >= 4 is 46.1 Å². The molecule has 8 rings (SSSR count). The van der Waals surface area contributed by atoms with E-state index in [0.717, 1.165) is 61.3 Å². The van der Waals surface area contributed by atoms with Crippen LogP contribution in [-0.4, -0.2) is 92.1 Å². The topological polar surface area (TPSA) is 160 Å². The van der Waals surface area contributed by atoms with Crippen LogP contribution in [0.4, 0.5) is 20.4 Å². The molecule has 2 aliphatic heterocycles. The van der Waals surface area contributed by atoms with Gasteiger partial charge in [-0.1, -0.05) is 0 Å². The van der Waals surface area contributed by atoms with Crippen LogP contribution in [0.1, 0.15) is 36.8 Å². The third kappa shape index (κ3) is 10.4. The van der Waals surface area contributed by atoms with Crippen LogP contribution in [-0.2, 0) is 13.1 Å². The molecule has 0 amide bonds. The standard InChI is InChI=1S/2C20H23FN6.ClH/c1-27-6-4-16(5-7-27)23-11-13-8-14(10-15(21)9-13)17-2-3-18-19(26-17)20(22)25-12-24-18;21-16-10-14(12-23-5-8-27-6-1-2-7-27)9-15(11-16)17-3-4-18-19(26-17)20(22)25-13-24-18;/h2-3,8-10,12,16,23H,4-7,11H2,1H3,(H2,22,24,25);3-4,9-11,13,23H,1-2,5-8,12H2,(H2,22,24,25);1H. The molecule has 4 aromatic heterocycles. The molecule has 0 atom stereocenters. The van der Waals surface area contributed by atoms with Gasteiger partial charge >= 0.3 is 0 Å². The minimum absolute atomic E-state index is 0. The summed E-state index contributed by atoms with van der Waals surface area (Å²) in [5, 5.41) is 6.95. The second kappa shape index (κ2) is 18.6. The zero-order valence-electron chi connectivity index (χ0n) is 30.9. The van der Waals surface area contributed by atoms with Gasteiger partial charge in [-0.2, -0.15) is 0 Å². The monoisotopic (exact) mass is 768 g/mol. The number of nitrogen functional groups attached to an aromatic ring is 2. The number of fused-ring (bicyclic) bond motifs is 2. The van der Waals surface area contributed by atoms with Gasteiger partial charge in [0.15, 0.2) is 11.6 Å². The number of pyridine rings is 2. The van der Waals surface area contributed by atoms with Gasteiger partial charge in [0.2, 0.25) is 0 Å². The number of hydrogen-bond donors (Lipinski definition) is 4. The molecular weight excluding hydrogens is 722 g/mol. The van der Waals surface area contributed by atoms with Crippen LogP contribution in [0.2, 0.25) is 0 Å². The highest BCUT2D eigenvalue weighted by Crippen LogP contribution is 2.26. The Morgan fingerprint density at radius 2 is 1.22 bits per heavy atom. The van der Waals surface area contributed by atoms with Gasteiger partial charge in [0.05, 0.1) is 22.4 Å². The van der Waals surface area contributed by atoms with E-state index in [-0.39, 0.29) is 24.0 Å². The average molecular weight is 769 g/mol. The molecular formula is C40H47ClF2N12. The van der Waals surface area contributed by atoms with Gasteiger partial charge in [0.25, 0.3) is 0 Å². The van der Waals surface area contributed by atoms with Gasteiger partial charge in [-0.15, -0.1) is 12.4 Å². The van der Waals surface area contributed by atoms with Crippen LogP contribution in [0.3, 0.4) is 0 Å². The first-order valence-corrected chi connectivity index (χ1v) is 18.5. The van der Waals surface area contributed by atoms with Gasteiger partial charge in [0.1, 0.15) is 35.3 Å². The highest BCUT2D eigenvalue weighted by atomic mass is 35.5. The van der Waals surface area contributed by atoms with Crippen LogP contribution in [0.25, 0.3) is 44.6 Å². The van der Waals surface area contributed by atoms with Crippen molar-refractivity contribution in [1.82, 2.24) is 50.3 Å². The third-order valence-electron chi connectivity index (χ3n) is 9.97. The zero-order valence-corrected chi connectivity index (χ0v) is 31.7. The molecule has 288 valence electrons. The maximum absolute atomic E-state index is 14.2. The zero-order chi connectivity index (χ0) is 37.4. The average Bonchev–Trinajstić information content (AvgIpc) is 3.70. The van der Waals surface area contributed by atoms with Crippen LogP contribution in [0, 0.1) is 11.6 Å². The number of benzene rings is 2. The summed E-state index contributed by atoms with van der Waals surface area (Å²) < 4.78 is 28.4. The van der Waals surface area contributed by atoms with Crippen molar-refractivity contribution in [3.05, 3.63) is 96.1 Å². The first kappa shape index (κ1) is 39.7. The van der Waals surface area contributed by atoms with E-state index in [1.807, 2.05) is 36.4 Å². The number of hydrogen-bond acceptors (Lipinski definition) is 12. The number of nitrogens with one attached hydrogen (secondary N) is 2. The van der Waals surface area contributed by atoms with Gasteiger partial charge in [-0.25, -0.2) is 38.7 Å². The highest BCUT2D eigenvalue weighted by Gasteiger charge is 2.17. The molecule has 0 aliphatic carbocycles. The first-order chi connectivity index (χ1) is 26.3. The maximum Gasteiger partial charge on any atom is 0.153 e. The minimum atomic E-state index is -0.275. The third-order valence-corrected chi connectivity index (χ3v) is 9.97. The van der Waals surface area contributed by atoms with E-state index in [4.69, 9.17) is 11.5 Å². The van der Waals surface area contributed by atoms with Crippen molar-refractivity contribution < 1.29 is 8.78 Å². The first-order valence-electron chi connectivity index (χ1n) is 18.5. The van der Waals surface area contributed by atoms with E-state index in [2.05, 4.69) is 57.4 Å². The number of piperidine rings is 1. The molecule has 0 saturated carbocycles. The molecule has 0 unspecified atom stereocenters. The summed E-state index contributed by atoms with van der Waals surface area (Å²) in [5.74, 6) is 0.0966. The Labute approximate surface area is 325 Å². The van der Waals surface area contributed by atoms with Crippen molar-refractivity contribution in [1.29, 1.82) is 0 Å². The largest absolute Gasteiger partial charge is 0.382 e. The molecule has 0 bridgehead atoms. The van der Waals surface area contributed by atoms with Crippen molar-refractivity contribution in [3.8, 4) is 22.5 Å². The number of anilines is 2. The molecule has 6 N–H and O–H groups in total. The molecule has 0 radical (unpaired) electrons. The fourth-order valence-corrected chi connectivity index (χ4v) is 6.99. The van der Waals surface area contributed by atoms with Gasteiger partial charge in [-0.3, -0.25) is 0 Å². The van der Waals surface area contributed by atoms with E-state index in [0.29, 0.717) is 64.2 Å². The fourth-order valence-electron chi connectivity index (χ4n) is 6.99. The van der Waals surface area contributed by atoms with Gasteiger partial charge in [-0.05, 0) is 131 Å². The molecule has 2 aliphatic rings. The molecule has 6 aromatic rings. The van der Waals surface area contributed by atoms with Gasteiger partial charge in [0, 0.05) is 43.3 Å². The molecule has 15 heteroatoms. The van der Waals surface area contributed by atoms with Crippen LogP contribution >= 0.6 is 12.4 Å². The van der Waals surface area contributed by atoms with E-state index in [1.165, 1.54) is 50.7 Å². The Morgan fingerprint density at radius 1 is 0.691 bits per heavy atom. The van der Waals surface area contributed by atoms with E-state index in [1.54, 1.807) is 12.1 Å². The Kier molecular flexibility index (Phi) is 13.4. The lowest BCUT2D eigenvalue weighted by atomic mass is 10.0.